The number of aliphatic hydroxyl groups is 1. The molecule has 0 saturated heterocycles. The van der Waals surface area contributed by atoms with Crippen LogP contribution in [0.1, 0.15) is 51.3 Å². The summed E-state index contributed by atoms with van der Waals surface area (Å²) in [5, 5.41) is 10.3. The molecule has 1 N–H and O–H groups in total. The van der Waals surface area contributed by atoms with Crippen molar-refractivity contribution in [2.24, 2.45) is 5.92 Å². The molecule has 1 rings (SSSR count). The minimum atomic E-state index is -0.398. The van der Waals surface area contributed by atoms with Crippen LogP contribution in [0.15, 0.2) is 24.3 Å². The van der Waals surface area contributed by atoms with Crippen molar-refractivity contribution in [2.75, 3.05) is 13.6 Å². The van der Waals surface area contributed by atoms with Crippen LogP contribution in [0, 0.1) is 5.92 Å². The molecule has 0 bridgehead atoms. The molecule has 0 aromatic heterocycles. The molecular weight excluding hydrogens is 234 g/mol. The largest absolute Gasteiger partial charge is 0.387 e. The Morgan fingerprint density at radius 3 is 2.16 bits per heavy atom. The Hall–Kier alpha value is -0.860. The van der Waals surface area contributed by atoms with Crippen molar-refractivity contribution >= 4 is 0 Å². The van der Waals surface area contributed by atoms with Gasteiger partial charge in [-0.15, -0.1) is 0 Å². The van der Waals surface area contributed by atoms with Gasteiger partial charge in [-0.1, -0.05) is 45.0 Å². The molecule has 2 nitrogen and oxygen atoms in total. The number of benzene rings is 1. The average Bonchev–Trinajstić information content (AvgIpc) is 2.37. The molecule has 19 heavy (non-hydrogen) atoms. The first-order valence-corrected chi connectivity index (χ1v) is 7.41. The Morgan fingerprint density at radius 1 is 1.11 bits per heavy atom. The van der Waals surface area contributed by atoms with E-state index in [0.29, 0.717) is 18.5 Å². The fourth-order valence-electron chi connectivity index (χ4n) is 2.40. The maximum atomic E-state index is 10.3. The monoisotopic (exact) mass is 263 g/mol. The molecule has 0 heterocycles. The standard InChI is InChI=1S/C17H29NO/c1-6-15-7-9-16(10-8-15)17(19)12-18(5)14(4)11-13(2)3/h7-10,13-14,17,19H,6,11-12H2,1-5H3. The molecule has 0 aliphatic carbocycles. The van der Waals surface area contributed by atoms with Crippen LogP contribution in [0.5, 0.6) is 0 Å². The van der Waals surface area contributed by atoms with Gasteiger partial charge in [-0.2, -0.15) is 0 Å². The van der Waals surface area contributed by atoms with Gasteiger partial charge in [-0.3, -0.25) is 0 Å². The van der Waals surface area contributed by atoms with Crippen molar-refractivity contribution in [1.82, 2.24) is 4.90 Å². The second-order valence-electron chi connectivity index (χ2n) is 6.03. The van der Waals surface area contributed by atoms with E-state index in [0.717, 1.165) is 18.4 Å². The summed E-state index contributed by atoms with van der Waals surface area (Å²) in [6.07, 6.45) is 1.81. The third-order valence-corrected chi connectivity index (χ3v) is 3.80. The van der Waals surface area contributed by atoms with Crippen LogP contribution < -0.4 is 0 Å². The maximum Gasteiger partial charge on any atom is 0.0916 e. The van der Waals surface area contributed by atoms with E-state index in [1.165, 1.54) is 5.56 Å². The summed E-state index contributed by atoms with van der Waals surface area (Å²) in [5.41, 5.74) is 2.33. The first-order valence-electron chi connectivity index (χ1n) is 7.41. The average molecular weight is 263 g/mol. The summed E-state index contributed by atoms with van der Waals surface area (Å²) in [6.45, 7) is 9.55. The van der Waals surface area contributed by atoms with Crippen molar-refractivity contribution in [3.63, 3.8) is 0 Å². The Labute approximate surface area is 118 Å². The van der Waals surface area contributed by atoms with E-state index in [-0.39, 0.29) is 0 Å². The lowest BCUT2D eigenvalue weighted by Gasteiger charge is -2.28. The minimum absolute atomic E-state index is 0.398. The number of aliphatic hydroxyl groups excluding tert-OH is 1. The van der Waals surface area contributed by atoms with Crippen LogP contribution in [0.3, 0.4) is 0 Å². The van der Waals surface area contributed by atoms with Crippen molar-refractivity contribution in [3.05, 3.63) is 35.4 Å². The lowest BCUT2D eigenvalue weighted by atomic mass is 10.0. The molecule has 0 saturated carbocycles. The first kappa shape index (κ1) is 16.2. The van der Waals surface area contributed by atoms with Gasteiger partial charge in [-0.05, 0) is 43.9 Å². The van der Waals surface area contributed by atoms with E-state index < -0.39 is 6.10 Å². The quantitative estimate of drug-likeness (QED) is 0.811. The molecule has 1 aromatic carbocycles. The summed E-state index contributed by atoms with van der Waals surface area (Å²) in [5.74, 6) is 0.693. The number of hydrogen-bond donors (Lipinski definition) is 1. The SMILES string of the molecule is CCc1ccc(C(O)CN(C)C(C)CC(C)C)cc1. The van der Waals surface area contributed by atoms with Gasteiger partial charge >= 0.3 is 0 Å². The third-order valence-electron chi connectivity index (χ3n) is 3.80. The normalized spacial score (nSPS) is 14.9. The highest BCUT2D eigenvalue weighted by Gasteiger charge is 2.16. The van der Waals surface area contributed by atoms with Gasteiger partial charge < -0.3 is 10.0 Å². The van der Waals surface area contributed by atoms with E-state index in [4.69, 9.17) is 0 Å². The Kier molecular flexibility index (Phi) is 6.53. The highest BCUT2D eigenvalue weighted by Crippen LogP contribution is 2.18. The van der Waals surface area contributed by atoms with Crippen molar-refractivity contribution in [3.8, 4) is 0 Å². The van der Waals surface area contributed by atoms with Crippen molar-refractivity contribution < 1.29 is 5.11 Å². The lowest BCUT2D eigenvalue weighted by Crippen LogP contribution is -2.33. The summed E-state index contributed by atoms with van der Waals surface area (Å²) >= 11 is 0. The molecule has 2 atom stereocenters. The van der Waals surface area contributed by atoms with E-state index in [9.17, 15) is 5.11 Å². The van der Waals surface area contributed by atoms with Gasteiger partial charge in [0.1, 0.15) is 0 Å². The van der Waals surface area contributed by atoms with Crippen LogP contribution in [-0.4, -0.2) is 29.6 Å². The number of likely N-dealkylation sites (N-methyl/N-ethyl adjacent to an activating group) is 1. The molecule has 0 spiro atoms. The molecule has 0 fully saturated rings. The zero-order valence-electron chi connectivity index (χ0n) is 13.1. The highest BCUT2D eigenvalue weighted by atomic mass is 16.3. The molecule has 0 radical (unpaired) electrons. The molecule has 2 heteroatoms. The molecule has 2 unspecified atom stereocenters. The Balaban J connectivity index is 2.55. The van der Waals surface area contributed by atoms with Crippen molar-refractivity contribution in [2.45, 2.75) is 52.7 Å². The fourth-order valence-corrected chi connectivity index (χ4v) is 2.40. The molecular formula is C17H29NO. The van der Waals surface area contributed by atoms with Gasteiger partial charge in [0.15, 0.2) is 0 Å². The molecule has 0 amide bonds. The van der Waals surface area contributed by atoms with Crippen molar-refractivity contribution in [1.29, 1.82) is 0 Å². The fraction of sp³-hybridized carbons (Fsp3) is 0.647. The summed E-state index contributed by atoms with van der Waals surface area (Å²) in [7, 11) is 2.09. The lowest BCUT2D eigenvalue weighted by molar-refractivity contribution is 0.102. The van der Waals surface area contributed by atoms with Crippen LogP contribution in [0.2, 0.25) is 0 Å². The zero-order valence-corrected chi connectivity index (χ0v) is 13.1. The number of aryl methyl sites for hydroxylation is 1. The summed E-state index contributed by atoms with van der Waals surface area (Å²) in [4.78, 5) is 2.25. The van der Waals surface area contributed by atoms with Gasteiger partial charge in [0.05, 0.1) is 6.10 Å². The van der Waals surface area contributed by atoms with Crippen LogP contribution >= 0.6 is 0 Å². The van der Waals surface area contributed by atoms with Crippen LogP contribution in [0.4, 0.5) is 0 Å². The highest BCUT2D eigenvalue weighted by molar-refractivity contribution is 5.24. The minimum Gasteiger partial charge on any atom is -0.387 e. The molecule has 108 valence electrons. The van der Waals surface area contributed by atoms with Gasteiger partial charge in [0.25, 0.3) is 0 Å². The molecule has 0 aliphatic rings. The molecule has 1 aromatic rings. The van der Waals surface area contributed by atoms with E-state index in [1.54, 1.807) is 0 Å². The second-order valence-corrected chi connectivity index (χ2v) is 6.03. The zero-order chi connectivity index (χ0) is 14.4. The summed E-state index contributed by atoms with van der Waals surface area (Å²) < 4.78 is 0. The van der Waals surface area contributed by atoms with Gasteiger partial charge in [0.2, 0.25) is 0 Å². The molecule has 0 aliphatic heterocycles. The van der Waals surface area contributed by atoms with E-state index in [1.807, 2.05) is 12.1 Å². The second kappa shape index (κ2) is 7.66. The van der Waals surface area contributed by atoms with Gasteiger partial charge in [0, 0.05) is 12.6 Å². The number of rotatable bonds is 7. The smallest absolute Gasteiger partial charge is 0.0916 e. The first-order chi connectivity index (χ1) is 8.93. The van der Waals surface area contributed by atoms with Crippen LogP contribution in [0.25, 0.3) is 0 Å². The Bertz CT molecular complexity index is 358. The van der Waals surface area contributed by atoms with Crippen LogP contribution in [-0.2, 0) is 6.42 Å². The van der Waals surface area contributed by atoms with E-state index in [2.05, 4.69) is 51.8 Å². The third kappa shape index (κ3) is 5.33. The summed E-state index contributed by atoms with van der Waals surface area (Å²) in [6, 6.07) is 8.81. The Morgan fingerprint density at radius 2 is 1.68 bits per heavy atom. The number of nitrogens with zero attached hydrogens (tertiary/aromatic N) is 1. The topological polar surface area (TPSA) is 23.5 Å². The maximum absolute atomic E-state index is 10.3. The predicted octanol–water partition coefficient (Wildman–Crippen LogP) is 3.65. The predicted molar refractivity (Wildman–Crippen MR) is 82.3 cm³/mol. The number of hydrogen-bond acceptors (Lipinski definition) is 2. The van der Waals surface area contributed by atoms with Gasteiger partial charge in [-0.25, -0.2) is 0 Å². The van der Waals surface area contributed by atoms with E-state index >= 15 is 0 Å².